The first kappa shape index (κ1) is 15.2. The molecule has 0 aliphatic carbocycles. The van der Waals surface area contributed by atoms with Crippen LogP contribution in [0.15, 0.2) is 23.1 Å². The van der Waals surface area contributed by atoms with Crippen LogP contribution in [0.5, 0.6) is 0 Å². The third-order valence-corrected chi connectivity index (χ3v) is 5.09. The Morgan fingerprint density at radius 3 is 2.20 bits per heavy atom. The predicted octanol–water partition coefficient (Wildman–Crippen LogP) is 3.02. The van der Waals surface area contributed by atoms with E-state index in [1.807, 2.05) is 0 Å². The zero-order chi connectivity index (χ0) is 15.0. The van der Waals surface area contributed by atoms with Crippen molar-refractivity contribution in [3.8, 4) is 0 Å². The van der Waals surface area contributed by atoms with Gasteiger partial charge in [0.1, 0.15) is 5.82 Å². The van der Waals surface area contributed by atoms with E-state index in [0.717, 1.165) is 16.8 Å². The van der Waals surface area contributed by atoms with Gasteiger partial charge in [0, 0.05) is 13.1 Å². The van der Waals surface area contributed by atoms with Crippen LogP contribution in [0.25, 0.3) is 0 Å². The van der Waals surface area contributed by atoms with Crippen molar-refractivity contribution in [2.24, 2.45) is 0 Å². The number of piperidine rings is 1. The molecule has 1 saturated heterocycles. The first-order valence-corrected chi connectivity index (χ1v) is 7.54. The molecular weight excluding hydrogens is 298 g/mol. The van der Waals surface area contributed by atoms with Gasteiger partial charge in [-0.15, -0.1) is 0 Å². The summed E-state index contributed by atoms with van der Waals surface area (Å²) in [5, 5.41) is 0. The summed E-state index contributed by atoms with van der Waals surface area (Å²) in [4.78, 5) is -0.520. The SMILES string of the molecule is O=S(=O)(c1ccc(F)c(C(F)(F)F)c1)N1CCCCC1. The molecule has 1 aromatic carbocycles. The lowest BCUT2D eigenvalue weighted by Gasteiger charge is -2.26. The molecule has 112 valence electrons. The minimum absolute atomic E-state index is 0.279. The van der Waals surface area contributed by atoms with Crippen LogP contribution in [0.4, 0.5) is 17.6 Å². The Morgan fingerprint density at radius 2 is 1.65 bits per heavy atom. The van der Waals surface area contributed by atoms with Gasteiger partial charge in [0.05, 0.1) is 10.5 Å². The second-order valence-electron chi connectivity index (χ2n) is 4.60. The monoisotopic (exact) mass is 311 g/mol. The Balaban J connectivity index is 2.42. The van der Waals surface area contributed by atoms with Crippen molar-refractivity contribution in [1.82, 2.24) is 4.31 Å². The Kier molecular flexibility index (Phi) is 4.06. The van der Waals surface area contributed by atoms with Gasteiger partial charge in [0.2, 0.25) is 10.0 Å². The first-order valence-electron chi connectivity index (χ1n) is 6.10. The van der Waals surface area contributed by atoms with E-state index in [1.165, 1.54) is 0 Å². The van der Waals surface area contributed by atoms with Gasteiger partial charge >= 0.3 is 6.18 Å². The van der Waals surface area contributed by atoms with Gasteiger partial charge in [-0.2, -0.15) is 17.5 Å². The summed E-state index contributed by atoms with van der Waals surface area (Å²) in [6.07, 6.45) is -2.68. The average Bonchev–Trinajstić information content (AvgIpc) is 2.38. The zero-order valence-corrected chi connectivity index (χ0v) is 11.3. The molecule has 0 aromatic heterocycles. The topological polar surface area (TPSA) is 37.4 Å². The molecule has 2 rings (SSSR count). The molecule has 1 aromatic rings. The van der Waals surface area contributed by atoms with Gasteiger partial charge in [-0.1, -0.05) is 6.42 Å². The van der Waals surface area contributed by atoms with E-state index in [9.17, 15) is 26.0 Å². The van der Waals surface area contributed by atoms with Crippen molar-refractivity contribution in [3.05, 3.63) is 29.6 Å². The highest BCUT2D eigenvalue weighted by Gasteiger charge is 2.36. The molecule has 0 unspecified atom stereocenters. The number of benzene rings is 1. The third kappa shape index (κ3) is 2.95. The van der Waals surface area contributed by atoms with Gasteiger partial charge in [0.15, 0.2) is 0 Å². The van der Waals surface area contributed by atoms with Crippen molar-refractivity contribution < 1.29 is 26.0 Å². The molecule has 1 heterocycles. The highest BCUT2D eigenvalue weighted by molar-refractivity contribution is 7.89. The Morgan fingerprint density at radius 1 is 1.05 bits per heavy atom. The van der Waals surface area contributed by atoms with Crippen molar-refractivity contribution >= 4 is 10.0 Å². The highest BCUT2D eigenvalue weighted by atomic mass is 32.2. The molecule has 0 saturated carbocycles. The van der Waals surface area contributed by atoms with Gasteiger partial charge in [0.25, 0.3) is 0 Å². The second kappa shape index (κ2) is 5.33. The lowest BCUT2D eigenvalue weighted by molar-refractivity contribution is -0.140. The molecule has 3 nitrogen and oxygen atoms in total. The fraction of sp³-hybridized carbons (Fsp3) is 0.500. The fourth-order valence-electron chi connectivity index (χ4n) is 2.14. The maximum absolute atomic E-state index is 13.2. The van der Waals surface area contributed by atoms with Gasteiger partial charge in [-0.05, 0) is 31.0 Å². The standard InChI is InChI=1S/C12H13F4NO2S/c13-11-5-4-9(8-10(11)12(14,15)16)20(18,19)17-6-2-1-3-7-17/h4-5,8H,1-3,6-7H2. The summed E-state index contributed by atoms with van der Waals surface area (Å²) in [6.45, 7) is 0.558. The van der Waals surface area contributed by atoms with Crippen molar-refractivity contribution in [3.63, 3.8) is 0 Å². The summed E-state index contributed by atoms with van der Waals surface area (Å²) in [5.74, 6) is -1.48. The van der Waals surface area contributed by atoms with E-state index in [1.54, 1.807) is 0 Å². The van der Waals surface area contributed by atoms with E-state index in [0.29, 0.717) is 25.0 Å². The number of hydrogen-bond donors (Lipinski definition) is 0. The number of sulfonamides is 1. The van der Waals surface area contributed by atoms with Crippen LogP contribution in [0, 0.1) is 5.82 Å². The number of nitrogens with zero attached hydrogens (tertiary/aromatic N) is 1. The number of hydrogen-bond acceptors (Lipinski definition) is 2. The summed E-state index contributed by atoms with van der Waals surface area (Å²) in [5.41, 5.74) is -1.56. The molecule has 0 N–H and O–H groups in total. The van der Waals surface area contributed by atoms with Crippen LogP contribution in [-0.4, -0.2) is 25.8 Å². The summed E-state index contributed by atoms with van der Waals surface area (Å²) >= 11 is 0. The normalized spacial score (nSPS) is 18.2. The van der Waals surface area contributed by atoms with Gasteiger partial charge < -0.3 is 0 Å². The lowest BCUT2D eigenvalue weighted by Crippen LogP contribution is -2.35. The smallest absolute Gasteiger partial charge is 0.207 e. The number of alkyl halides is 3. The van der Waals surface area contributed by atoms with Crippen molar-refractivity contribution in [1.29, 1.82) is 0 Å². The summed E-state index contributed by atoms with van der Waals surface area (Å²) in [6, 6.07) is 1.77. The largest absolute Gasteiger partial charge is 0.419 e. The van der Waals surface area contributed by atoms with Gasteiger partial charge in [-0.3, -0.25) is 0 Å². The fourth-order valence-corrected chi connectivity index (χ4v) is 3.68. The third-order valence-electron chi connectivity index (χ3n) is 3.20. The predicted molar refractivity (Wildman–Crippen MR) is 64.0 cm³/mol. The van der Waals surface area contributed by atoms with E-state index in [4.69, 9.17) is 0 Å². The summed E-state index contributed by atoms with van der Waals surface area (Å²) in [7, 11) is -3.99. The van der Waals surface area contributed by atoms with Crippen LogP contribution in [0.2, 0.25) is 0 Å². The van der Waals surface area contributed by atoms with E-state index < -0.39 is 32.5 Å². The molecule has 0 atom stereocenters. The Labute approximate surface area is 114 Å². The lowest BCUT2D eigenvalue weighted by atomic mass is 10.2. The second-order valence-corrected chi connectivity index (χ2v) is 6.54. The van der Waals surface area contributed by atoms with E-state index in [-0.39, 0.29) is 13.1 Å². The molecule has 0 bridgehead atoms. The molecule has 0 amide bonds. The average molecular weight is 311 g/mol. The van der Waals surface area contributed by atoms with Crippen LogP contribution < -0.4 is 0 Å². The summed E-state index contributed by atoms with van der Waals surface area (Å²) < 4.78 is 76.6. The first-order chi connectivity index (χ1) is 9.23. The molecule has 1 aliphatic rings. The molecular formula is C12H13F4NO2S. The maximum Gasteiger partial charge on any atom is 0.419 e. The zero-order valence-electron chi connectivity index (χ0n) is 10.5. The number of halogens is 4. The van der Waals surface area contributed by atoms with E-state index in [2.05, 4.69) is 0 Å². The minimum atomic E-state index is -4.92. The molecule has 20 heavy (non-hydrogen) atoms. The quantitative estimate of drug-likeness (QED) is 0.787. The molecule has 0 radical (unpaired) electrons. The molecule has 8 heteroatoms. The maximum atomic E-state index is 13.2. The van der Waals surface area contributed by atoms with E-state index >= 15 is 0 Å². The minimum Gasteiger partial charge on any atom is -0.207 e. The Bertz CT molecular complexity index is 592. The van der Waals surface area contributed by atoms with Crippen molar-refractivity contribution in [2.75, 3.05) is 13.1 Å². The van der Waals surface area contributed by atoms with Crippen LogP contribution in [0.1, 0.15) is 24.8 Å². The van der Waals surface area contributed by atoms with Crippen LogP contribution in [-0.2, 0) is 16.2 Å². The highest BCUT2D eigenvalue weighted by Crippen LogP contribution is 2.33. The molecule has 1 fully saturated rings. The molecule has 0 spiro atoms. The Hall–Kier alpha value is -1.15. The van der Waals surface area contributed by atoms with Gasteiger partial charge in [-0.25, -0.2) is 12.8 Å². The van der Waals surface area contributed by atoms with Crippen LogP contribution >= 0.6 is 0 Å². The van der Waals surface area contributed by atoms with Crippen molar-refractivity contribution in [2.45, 2.75) is 30.3 Å². The number of rotatable bonds is 2. The van der Waals surface area contributed by atoms with Crippen LogP contribution in [0.3, 0.4) is 0 Å². The molecule has 1 aliphatic heterocycles.